The van der Waals surface area contributed by atoms with E-state index in [1.807, 2.05) is 19.1 Å². The second-order valence-corrected chi connectivity index (χ2v) is 7.68. The summed E-state index contributed by atoms with van der Waals surface area (Å²) in [5.74, 6) is 1.59. The molecular weight excluding hydrogens is 380 g/mol. The minimum absolute atomic E-state index is 0.131. The number of nitrogens with one attached hydrogen (secondary N) is 2. The highest BCUT2D eigenvalue weighted by Gasteiger charge is 2.22. The molecule has 1 fully saturated rings. The number of halogens is 1. The minimum Gasteiger partial charge on any atom is -0.364 e. The molecule has 0 amide bonds. The smallest absolute Gasteiger partial charge is 0.329 e. The number of nitro groups is 1. The van der Waals surface area contributed by atoms with Crippen LogP contribution >= 0.6 is 11.6 Å². The first kappa shape index (κ1) is 20.3. The Morgan fingerprint density at radius 1 is 1.29 bits per heavy atom. The molecule has 1 aromatic carbocycles. The number of hydrogen-bond acceptors (Lipinski definition) is 7. The molecule has 0 aliphatic heterocycles. The van der Waals surface area contributed by atoms with E-state index in [1.165, 1.54) is 6.20 Å². The average molecular weight is 405 g/mol. The quantitative estimate of drug-likeness (QED) is 0.465. The Balaban J connectivity index is 1.70. The van der Waals surface area contributed by atoms with E-state index in [0.29, 0.717) is 29.4 Å². The Hall–Kier alpha value is -2.45. The van der Waals surface area contributed by atoms with Crippen LogP contribution in [0.5, 0.6) is 0 Å². The van der Waals surface area contributed by atoms with Crippen molar-refractivity contribution in [1.29, 1.82) is 0 Å². The Kier molecular flexibility index (Phi) is 6.64. The average Bonchev–Trinajstić information content (AvgIpc) is 2.69. The fraction of sp³-hybridized carbons (Fsp3) is 0.474. The van der Waals surface area contributed by atoms with Crippen LogP contribution in [0.4, 0.5) is 23.1 Å². The largest absolute Gasteiger partial charge is 0.364 e. The van der Waals surface area contributed by atoms with Crippen molar-refractivity contribution in [1.82, 2.24) is 9.97 Å². The van der Waals surface area contributed by atoms with Gasteiger partial charge >= 0.3 is 5.69 Å². The van der Waals surface area contributed by atoms with Gasteiger partial charge in [-0.1, -0.05) is 11.6 Å². The summed E-state index contributed by atoms with van der Waals surface area (Å²) in [6, 6.07) is 5.46. The summed E-state index contributed by atoms with van der Waals surface area (Å²) in [5.41, 5.74) is 7.29. The van der Waals surface area contributed by atoms with Crippen molar-refractivity contribution in [2.75, 3.05) is 23.7 Å². The number of aryl methyl sites for hydroxylation is 1. The molecule has 0 unspecified atom stereocenters. The molecule has 1 heterocycles. The van der Waals surface area contributed by atoms with Crippen LogP contribution in [-0.2, 0) is 0 Å². The fourth-order valence-corrected chi connectivity index (χ4v) is 3.58. The van der Waals surface area contributed by atoms with E-state index < -0.39 is 4.92 Å². The predicted octanol–water partition coefficient (Wildman–Crippen LogP) is 4.27. The van der Waals surface area contributed by atoms with Gasteiger partial charge in [0.25, 0.3) is 0 Å². The number of aromatic nitrogens is 2. The maximum absolute atomic E-state index is 11.3. The second kappa shape index (κ2) is 9.16. The van der Waals surface area contributed by atoms with Crippen LogP contribution in [0.3, 0.4) is 0 Å². The molecule has 3 rings (SSSR count). The third kappa shape index (κ3) is 5.08. The number of nitrogens with two attached hydrogens (primary N) is 1. The van der Waals surface area contributed by atoms with Crippen molar-refractivity contribution >= 4 is 34.7 Å². The number of hydrogen-bond donors (Lipinski definition) is 3. The Labute approximate surface area is 169 Å². The first-order valence-corrected chi connectivity index (χ1v) is 9.82. The maximum Gasteiger partial charge on any atom is 0.329 e. The van der Waals surface area contributed by atoms with Gasteiger partial charge in [-0.05, 0) is 74.8 Å². The number of rotatable bonds is 7. The lowest BCUT2D eigenvalue weighted by molar-refractivity contribution is -0.384. The molecule has 1 aliphatic carbocycles. The van der Waals surface area contributed by atoms with E-state index in [-0.39, 0.29) is 11.5 Å². The summed E-state index contributed by atoms with van der Waals surface area (Å²) >= 11 is 6.05. The first-order chi connectivity index (χ1) is 13.5. The Morgan fingerprint density at radius 2 is 2.00 bits per heavy atom. The first-order valence-electron chi connectivity index (χ1n) is 9.44. The molecule has 0 bridgehead atoms. The van der Waals surface area contributed by atoms with Crippen LogP contribution < -0.4 is 16.4 Å². The SMILES string of the molecule is Cc1cc(Nc2ncc([N+](=O)[O-])c(NCC3CCC(CN)CC3)n2)ccc1Cl. The molecule has 1 aromatic heterocycles. The molecule has 4 N–H and O–H groups in total. The Bertz CT molecular complexity index is 839. The zero-order chi connectivity index (χ0) is 20.1. The molecule has 0 radical (unpaired) electrons. The maximum atomic E-state index is 11.3. The molecule has 1 saturated carbocycles. The van der Waals surface area contributed by atoms with E-state index in [2.05, 4.69) is 20.6 Å². The lowest BCUT2D eigenvalue weighted by Crippen LogP contribution is -2.25. The van der Waals surface area contributed by atoms with Gasteiger partial charge in [0.2, 0.25) is 11.8 Å². The van der Waals surface area contributed by atoms with Gasteiger partial charge in [-0.15, -0.1) is 0 Å². The molecule has 28 heavy (non-hydrogen) atoms. The molecule has 2 aromatic rings. The third-order valence-corrected chi connectivity index (χ3v) is 5.66. The van der Waals surface area contributed by atoms with E-state index in [0.717, 1.165) is 43.5 Å². The molecular formula is C19H25ClN6O2. The van der Waals surface area contributed by atoms with Crippen LogP contribution in [0.15, 0.2) is 24.4 Å². The van der Waals surface area contributed by atoms with Gasteiger partial charge < -0.3 is 16.4 Å². The molecule has 1 aliphatic rings. The zero-order valence-corrected chi connectivity index (χ0v) is 16.6. The van der Waals surface area contributed by atoms with Crippen molar-refractivity contribution in [2.45, 2.75) is 32.6 Å². The predicted molar refractivity (Wildman–Crippen MR) is 111 cm³/mol. The van der Waals surface area contributed by atoms with Crippen molar-refractivity contribution in [2.24, 2.45) is 17.6 Å². The number of anilines is 3. The standard InChI is InChI=1S/C19H25ClN6O2/c1-12-8-15(6-7-16(12)20)24-19-23-11-17(26(27)28)18(25-19)22-10-14-4-2-13(9-21)3-5-14/h6-8,11,13-14H,2-5,9-10,21H2,1H3,(H2,22,23,24,25). The van der Waals surface area contributed by atoms with Crippen LogP contribution in [0.2, 0.25) is 5.02 Å². The van der Waals surface area contributed by atoms with Crippen molar-refractivity contribution < 1.29 is 4.92 Å². The van der Waals surface area contributed by atoms with Crippen LogP contribution in [0, 0.1) is 28.9 Å². The summed E-state index contributed by atoms with van der Waals surface area (Å²) in [6.45, 7) is 3.28. The van der Waals surface area contributed by atoms with E-state index in [4.69, 9.17) is 17.3 Å². The molecule has 9 heteroatoms. The van der Waals surface area contributed by atoms with Gasteiger partial charge in [0, 0.05) is 17.3 Å². The van der Waals surface area contributed by atoms with Gasteiger partial charge in [0.15, 0.2) is 0 Å². The topological polar surface area (TPSA) is 119 Å². The lowest BCUT2D eigenvalue weighted by Gasteiger charge is -2.27. The van der Waals surface area contributed by atoms with Crippen LogP contribution in [0.25, 0.3) is 0 Å². The van der Waals surface area contributed by atoms with Crippen LogP contribution in [0.1, 0.15) is 31.2 Å². The molecule has 0 spiro atoms. The summed E-state index contributed by atoms with van der Waals surface area (Å²) in [4.78, 5) is 19.3. The van der Waals surface area contributed by atoms with Gasteiger partial charge in [-0.3, -0.25) is 10.1 Å². The third-order valence-electron chi connectivity index (χ3n) is 5.24. The highest BCUT2D eigenvalue weighted by atomic mass is 35.5. The van der Waals surface area contributed by atoms with Crippen LogP contribution in [-0.4, -0.2) is 28.0 Å². The highest BCUT2D eigenvalue weighted by molar-refractivity contribution is 6.31. The lowest BCUT2D eigenvalue weighted by atomic mass is 9.82. The molecule has 0 saturated heterocycles. The van der Waals surface area contributed by atoms with E-state index in [9.17, 15) is 10.1 Å². The summed E-state index contributed by atoms with van der Waals surface area (Å²) < 4.78 is 0. The van der Waals surface area contributed by atoms with Crippen molar-refractivity contribution in [3.05, 3.63) is 45.1 Å². The molecule has 8 nitrogen and oxygen atoms in total. The van der Waals surface area contributed by atoms with Gasteiger partial charge in [0.1, 0.15) is 6.20 Å². The summed E-state index contributed by atoms with van der Waals surface area (Å²) in [5, 5.41) is 18.2. The van der Waals surface area contributed by atoms with E-state index >= 15 is 0 Å². The minimum atomic E-state index is -0.468. The fourth-order valence-electron chi connectivity index (χ4n) is 3.46. The number of benzene rings is 1. The van der Waals surface area contributed by atoms with E-state index in [1.54, 1.807) is 6.07 Å². The second-order valence-electron chi connectivity index (χ2n) is 7.28. The van der Waals surface area contributed by atoms with Gasteiger partial charge in [0.05, 0.1) is 4.92 Å². The number of nitrogens with zero attached hydrogens (tertiary/aromatic N) is 3. The van der Waals surface area contributed by atoms with Crippen molar-refractivity contribution in [3.8, 4) is 0 Å². The normalized spacial score (nSPS) is 19.2. The van der Waals surface area contributed by atoms with Gasteiger partial charge in [-0.25, -0.2) is 4.98 Å². The molecule has 0 atom stereocenters. The van der Waals surface area contributed by atoms with Gasteiger partial charge in [-0.2, -0.15) is 4.98 Å². The highest BCUT2D eigenvalue weighted by Crippen LogP contribution is 2.30. The zero-order valence-electron chi connectivity index (χ0n) is 15.8. The monoisotopic (exact) mass is 404 g/mol. The molecule has 150 valence electrons. The Morgan fingerprint density at radius 3 is 2.64 bits per heavy atom. The summed E-state index contributed by atoms with van der Waals surface area (Å²) in [6.07, 6.45) is 5.59. The summed E-state index contributed by atoms with van der Waals surface area (Å²) in [7, 11) is 0. The van der Waals surface area contributed by atoms with Crippen molar-refractivity contribution in [3.63, 3.8) is 0 Å².